The van der Waals surface area contributed by atoms with E-state index in [1.54, 1.807) is 0 Å². The van der Waals surface area contributed by atoms with Gasteiger partial charge in [0.1, 0.15) is 0 Å². The summed E-state index contributed by atoms with van der Waals surface area (Å²) in [6.07, 6.45) is 0.309. The predicted molar refractivity (Wildman–Crippen MR) is 87.6 cm³/mol. The van der Waals surface area contributed by atoms with E-state index in [1.807, 2.05) is 30.3 Å². The van der Waals surface area contributed by atoms with Gasteiger partial charge in [0.05, 0.1) is 21.3 Å². The van der Waals surface area contributed by atoms with E-state index in [1.165, 1.54) is 42.7 Å². The molecule has 0 N–H and O–H groups in total. The van der Waals surface area contributed by atoms with Gasteiger partial charge in [-0.05, 0) is 5.56 Å². The van der Waals surface area contributed by atoms with Crippen LogP contribution in [-0.2, 0) is 39.8 Å². The lowest BCUT2D eigenvalue weighted by Crippen LogP contribution is -2.71. The molecule has 8 nitrogen and oxygen atoms in total. The van der Waals surface area contributed by atoms with Crippen LogP contribution in [0.5, 0.6) is 0 Å². The van der Waals surface area contributed by atoms with Gasteiger partial charge < -0.3 is 28.5 Å². The number of hydrogen-bond donors (Lipinski definition) is 0. The summed E-state index contributed by atoms with van der Waals surface area (Å²) in [5.41, 5.74) is -0.412. The Labute approximate surface area is 147 Å². The van der Waals surface area contributed by atoms with E-state index in [9.17, 15) is 0 Å². The third kappa shape index (κ3) is 2.96. The van der Waals surface area contributed by atoms with Gasteiger partial charge in [-0.1, -0.05) is 30.3 Å². The zero-order valence-corrected chi connectivity index (χ0v) is 15.4. The first-order valence-electron chi connectivity index (χ1n) is 7.63. The van der Waals surface area contributed by atoms with Gasteiger partial charge in [-0.25, -0.2) is 0 Å². The molecule has 0 fully saturated rings. The molecule has 1 aliphatic heterocycles. The minimum atomic E-state index is -1.52. The molecule has 140 valence electrons. The molecule has 8 heteroatoms. The molecule has 0 radical (unpaired) electrons. The maximum Gasteiger partial charge on any atom is 0.347 e. The van der Waals surface area contributed by atoms with Crippen molar-refractivity contribution < 1.29 is 33.4 Å². The van der Waals surface area contributed by atoms with E-state index in [4.69, 9.17) is 33.4 Å². The highest BCUT2D eigenvalue weighted by atomic mass is 17.0. The summed E-state index contributed by atoms with van der Waals surface area (Å²) < 4.78 is 28.2. The molecule has 2 rings (SSSR count). The first kappa shape index (κ1) is 19.5. The van der Waals surface area contributed by atoms with Crippen LogP contribution < -0.4 is 0 Å². The first-order valence-corrected chi connectivity index (χ1v) is 7.63. The topological polar surface area (TPSA) is 67.9 Å². The molecule has 1 aromatic carbocycles. The van der Waals surface area contributed by atoms with Crippen LogP contribution in [0.1, 0.15) is 5.56 Å². The standard InChI is InChI=1S/C17H25NO7/c1-19-14-15(20-2)25-18(24-6)16(21-3,17(14,22-4)23-5)12-13-10-8-7-9-11-13/h7-11H,12H2,1-6H3. The van der Waals surface area contributed by atoms with Gasteiger partial charge in [-0.3, -0.25) is 4.84 Å². The summed E-state index contributed by atoms with van der Waals surface area (Å²) in [7, 11) is 8.82. The van der Waals surface area contributed by atoms with Crippen molar-refractivity contribution in [2.24, 2.45) is 0 Å². The average Bonchev–Trinajstić information content (AvgIpc) is 2.67. The van der Waals surface area contributed by atoms with Gasteiger partial charge in [0, 0.05) is 33.0 Å². The number of hydroxylamine groups is 2. The third-order valence-corrected chi connectivity index (χ3v) is 4.21. The summed E-state index contributed by atoms with van der Waals surface area (Å²) in [5, 5.41) is 1.15. The smallest absolute Gasteiger partial charge is 0.347 e. The monoisotopic (exact) mass is 355 g/mol. The fourth-order valence-electron chi connectivity index (χ4n) is 3.08. The van der Waals surface area contributed by atoms with Gasteiger partial charge >= 0.3 is 5.95 Å². The van der Waals surface area contributed by atoms with Crippen LogP contribution in [0.4, 0.5) is 0 Å². The van der Waals surface area contributed by atoms with Crippen molar-refractivity contribution in [2.75, 3.05) is 42.7 Å². The molecule has 0 saturated carbocycles. The summed E-state index contributed by atoms with van der Waals surface area (Å²) in [6.45, 7) is 0. The maximum atomic E-state index is 5.87. The highest BCUT2D eigenvalue weighted by molar-refractivity contribution is 5.24. The van der Waals surface area contributed by atoms with Crippen LogP contribution in [0.3, 0.4) is 0 Å². The van der Waals surface area contributed by atoms with Gasteiger partial charge in [0.15, 0.2) is 0 Å². The largest absolute Gasteiger partial charge is 0.490 e. The zero-order chi connectivity index (χ0) is 18.5. The van der Waals surface area contributed by atoms with E-state index in [-0.39, 0.29) is 11.7 Å². The van der Waals surface area contributed by atoms with E-state index in [0.29, 0.717) is 6.42 Å². The number of rotatable bonds is 8. The van der Waals surface area contributed by atoms with Gasteiger partial charge in [0.25, 0.3) is 5.79 Å². The van der Waals surface area contributed by atoms with Crippen LogP contribution in [-0.4, -0.2) is 59.4 Å². The number of nitrogens with zero attached hydrogens (tertiary/aromatic N) is 1. The molecule has 0 amide bonds. The molecule has 0 spiro atoms. The van der Waals surface area contributed by atoms with Crippen molar-refractivity contribution in [3.8, 4) is 0 Å². The minimum absolute atomic E-state index is 0.0359. The Hall–Kier alpha value is -1.84. The number of benzene rings is 1. The predicted octanol–water partition coefficient (Wildman–Crippen LogP) is 1.83. The fraction of sp³-hybridized carbons (Fsp3) is 0.529. The summed E-state index contributed by atoms with van der Waals surface area (Å²) >= 11 is 0. The van der Waals surface area contributed by atoms with Gasteiger partial charge in [0.2, 0.25) is 11.5 Å². The fourth-order valence-corrected chi connectivity index (χ4v) is 3.08. The van der Waals surface area contributed by atoms with Crippen LogP contribution in [0.25, 0.3) is 0 Å². The molecule has 0 aromatic heterocycles. The van der Waals surface area contributed by atoms with E-state index in [0.717, 1.165) is 10.8 Å². The van der Waals surface area contributed by atoms with Gasteiger partial charge in [-0.15, -0.1) is 0 Å². The normalized spacial score (nSPS) is 23.3. The van der Waals surface area contributed by atoms with Crippen molar-refractivity contribution in [1.82, 2.24) is 5.23 Å². The van der Waals surface area contributed by atoms with Crippen molar-refractivity contribution in [3.05, 3.63) is 47.6 Å². The lowest BCUT2D eigenvalue weighted by molar-refractivity contribution is -0.511. The molecule has 0 bridgehead atoms. The Kier molecular flexibility index (Phi) is 6.26. The van der Waals surface area contributed by atoms with E-state index in [2.05, 4.69) is 0 Å². The zero-order valence-electron chi connectivity index (χ0n) is 15.4. The molecule has 0 aliphatic carbocycles. The first-order chi connectivity index (χ1) is 12.1. The maximum absolute atomic E-state index is 5.87. The van der Waals surface area contributed by atoms with Crippen LogP contribution in [0.15, 0.2) is 42.0 Å². The molecule has 1 aliphatic rings. The highest BCUT2D eigenvalue weighted by Gasteiger charge is 2.68. The van der Waals surface area contributed by atoms with E-state index >= 15 is 0 Å². The molecule has 1 atom stereocenters. The van der Waals surface area contributed by atoms with E-state index < -0.39 is 11.5 Å². The Bertz CT molecular complexity index is 588. The third-order valence-electron chi connectivity index (χ3n) is 4.21. The lowest BCUT2D eigenvalue weighted by atomic mass is 9.91. The molecule has 1 heterocycles. The molecular weight excluding hydrogens is 330 g/mol. The van der Waals surface area contributed by atoms with Crippen molar-refractivity contribution in [2.45, 2.75) is 17.9 Å². The molecule has 1 unspecified atom stereocenters. The summed E-state index contributed by atoms with van der Waals surface area (Å²) in [4.78, 5) is 11.1. The summed E-state index contributed by atoms with van der Waals surface area (Å²) in [5.74, 6) is -1.30. The second-order valence-electron chi connectivity index (χ2n) is 5.23. The second-order valence-corrected chi connectivity index (χ2v) is 5.23. The van der Waals surface area contributed by atoms with Crippen LogP contribution in [0.2, 0.25) is 0 Å². The Morgan fingerprint density at radius 3 is 1.96 bits per heavy atom. The molecular formula is C17H25NO7. The van der Waals surface area contributed by atoms with Crippen molar-refractivity contribution >= 4 is 0 Å². The SMILES string of the molecule is COC1=C(OC)C(OC)(OC)C(Cc2ccccc2)(OC)N(OC)O1. The highest BCUT2D eigenvalue weighted by Crippen LogP contribution is 2.47. The molecule has 1 aromatic rings. The summed E-state index contributed by atoms with van der Waals surface area (Å²) in [6, 6.07) is 9.68. The number of methoxy groups -OCH3 is 5. The average molecular weight is 355 g/mol. The van der Waals surface area contributed by atoms with Gasteiger partial charge in [-0.2, -0.15) is 0 Å². The Morgan fingerprint density at radius 2 is 1.52 bits per heavy atom. The quantitative estimate of drug-likeness (QED) is 0.655. The van der Waals surface area contributed by atoms with Crippen molar-refractivity contribution in [1.29, 1.82) is 0 Å². The lowest BCUT2D eigenvalue weighted by Gasteiger charge is -2.52. The Balaban J connectivity index is 2.69. The van der Waals surface area contributed by atoms with Crippen molar-refractivity contribution in [3.63, 3.8) is 0 Å². The number of hydrogen-bond acceptors (Lipinski definition) is 8. The molecule has 25 heavy (non-hydrogen) atoms. The van der Waals surface area contributed by atoms with Crippen LogP contribution >= 0.6 is 0 Å². The van der Waals surface area contributed by atoms with Crippen LogP contribution in [0, 0.1) is 0 Å². The second kappa shape index (κ2) is 8.03. The molecule has 0 saturated heterocycles. The number of ether oxygens (including phenoxy) is 5. The minimum Gasteiger partial charge on any atom is -0.490 e. The Morgan fingerprint density at radius 1 is 0.880 bits per heavy atom.